The lowest BCUT2D eigenvalue weighted by molar-refractivity contribution is 0.187. The van der Waals surface area contributed by atoms with Crippen LogP contribution in [0.3, 0.4) is 0 Å². The predicted octanol–water partition coefficient (Wildman–Crippen LogP) is 0.738. The Kier molecular flexibility index (Phi) is 3.34. The lowest BCUT2D eigenvalue weighted by Crippen LogP contribution is -2.39. The van der Waals surface area contributed by atoms with Crippen LogP contribution in [0.2, 0.25) is 0 Å². The van der Waals surface area contributed by atoms with Crippen LogP contribution in [0.1, 0.15) is 19.8 Å². The Balaban J connectivity index is 2.26. The molecule has 0 bridgehead atoms. The van der Waals surface area contributed by atoms with Crippen molar-refractivity contribution >= 4 is 6.09 Å². The maximum Gasteiger partial charge on any atom is 0.404 e. The molecule has 0 aromatic heterocycles. The number of hydrogen-bond donors (Lipinski definition) is 2. The number of rotatable bonds is 3. The Hall–Kier alpha value is -0.770. The van der Waals surface area contributed by atoms with Gasteiger partial charge in [0.2, 0.25) is 0 Å². The molecule has 1 aliphatic heterocycles. The second-order valence-electron chi connectivity index (χ2n) is 3.11. The van der Waals surface area contributed by atoms with Gasteiger partial charge in [-0.05, 0) is 25.9 Å². The number of carboxylic acid groups (broad SMARTS) is 1. The van der Waals surface area contributed by atoms with Gasteiger partial charge >= 0.3 is 6.09 Å². The van der Waals surface area contributed by atoms with Gasteiger partial charge in [0, 0.05) is 12.6 Å². The minimum Gasteiger partial charge on any atom is -0.465 e. The maximum absolute atomic E-state index is 10.2. The summed E-state index contributed by atoms with van der Waals surface area (Å²) in [4.78, 5) is 12.5. The van der Waals surface area contributed by atoms with Gasteiger partial charge in [0.15, 0.2) is 0 Å². The van der Waals surface area contributed by atoms with E-state index in [0.29, 0.717) is 12.6 Å². The highest BCUT2D eigenvalue weighted by Crippen LogP contribution is 2.15. The molecule has 1 saturated heterocycles. The lowest BCUT2D eigenvalue weighted by atomic mass is 10.2. The van der Waals surface area contributed by atoms with Gasteiger partial charge < -0.3 is 10.4 Å². The van der Waals surface area contributed by atoms with Gasteiger partial charge in [0.25, 0.3) is 0 Å². The van der Waals surface area contributed by atoms with E-state index in [0.717, 1.165) is 19.5 Å². The van der Waals surface area contributed by atoms with E-state index in [1.807, 2.05) is 0 Å². The molecule has 1 amide bonds. The highest BCUT2D eigenvalue weighted by Gasteiger charge is 2.22. The van der Waals surface area contributed by atoms with E-state index < -0.39 is 6.09 Å². The molecule has 4 nitrogen and oxygen atoms in total. The summed E-state index contributed by atoms with van der Waals surface area (Å²) in [5.41, 5.74) is 0. The number of nitrogens with one attached hydrogen (secondary N) is 1. The highest BCUT2D eigenvalue weighted by atomic mass is 16.4. The minimum atomic E-state index is -0.919. The monoisotopic (exact) mass is 172 g/mol. The number of carbonyl (C=O) groups is 1. The molecule has 1 heterocycles. The zero-order valence-corrected chi connectivity index (χ0v) is 7.42. The highest BCUT2D eigenvalue weighted by molar-refractivity contribution is 5.64. The molecule has 2 N–H and O–H groups in total. The number of nitrogens with zero attached hydrogens (tertiary/aromatic N) is 1. The quantitative estimate of drug-likeness (QED) is 0.660. The molecule has 1 rings (SSSR count). The average molecular weight is 172 g/mol. The summed E-state index contributed by atoms with van der Waals surface area (Å²) in [6.45, 7) is 4.82. The van der Waals surface area contributed by atoms with E-state index in [9.17, 15) is 4.79 Å². The van der Waals surface area contributed by atoms with Gasteiger partial charge in [-0.3, -0.25) is 4.90 Å². The molecule has 0 spiro atoms. The van der Waals surface area contributed by atoms with E-state index in [-0.39, 0.29) is 0 Å². The summed E-state index contributed by atoms with van der Waals surface area (Å²) >= 11 is 0. The van der Waals surface area contributed by atoms with Crippen molar-refractivity contribution in [1.29, 1.82) is 0 Å². The van der Waals surface area contributed by atoms with Crippen LogP contribution in [0.15, 0.2) is 0 Å². The molecule has 4 heteroatoms. The summed E-state index contributed by atoms with van der Waals surface area (Å²) < 4.78 is 0. The van der Waals surface area contributed by atoms with Gasteiger partial charge in [-0.15, -0.1) is 0 Å². The van der Waals surface area contributed by atoms with Gasteiger partial charge in [-0.1, -0.05) is 6.92 Å². The van der Waals surface area contributed by atoms with Crippen LogP contribution in [0.4, 0.5) is 4.79 Å². The lowest BCUT2D eigenvalue weighted by Gasteiger charge is -2.21. The first kappa shape index (κ1) is 9.32. The average Bonchev–Trinajstić information content (AvgIpc) is 2.47. The smallest absolute Gasteiger partial charge is 0.404 e. The first-order chi connectivity index (χ1) is 5.74. The van der Waals surface area contributed by atoms with Crippen molar-refractivity contribution in [3.63, 3.8) is 0 Å². The minimum absolute atomic E-state index is 0.422. The molecule has 1 aliphatic rings. The van der Waals surface area contributed by atoms with Crippen LogP contribution in [-0.4, -0.2) is 41.8 Å². The topological polar surface area (TPSA) is 52.6 Å². The van der Waals surface area contributed by atoms with Crippen molar-refractivity contribution in [1.82, 2.24) is 10.2 Å². The molecule has 0 aliphatic carbocycles. The first-order valence-electron chi connectivity index (χ1n) is 4.45. The van der Waals surface area contributed by atoms with Crippen LogP contribution in [0.25, 0.3) is 0 Å². The zero-order valence-electron chi connectivity index (χ0n) is 7.42. The molecule has 1 unspecified atom stereocenters. The summed E-state index contributed by atoms with van der Waals surface area (Å²) in [6, 6.07) is 0.422. The largest absolute Gasteiger partial charge is 0.465 e. The van der Waals surface area contributed by atoms with E-state index in [1.165, 1.54) is 6.42 Å². The fourth-order valence-electron chi connectivity index (χ4n) is 1.75. The summed E-state index contributed by atoms with van der Waals surface area (Å²) in [6.07, 6.45) is 1.39. The Morgan fingerprint density at radius 2 is 2.50 bits per heavy atom. The SMILES string of the molecule is CCN1CCCC1CNC(=O)O. The van der Waals surface area contributed by atoms with Crippen molar-refractivity contribution in [3.8, 4) is 0 Å². The van der Waals surface area contributed by atoms with E-state index >= 15 is 0 Å². The molecule has 1 fully saturated rings. The fourth-order valence-corrected chi connectivity index (χ4v) is 1.75. The second kappa shape index (κ2) is 4.30. The second-order valence-corrected chi connectivity index (χ2v) is 3.11. The molecule has 0 saturated carbocycles. The Bertz CT molecular complexity index is 161. The number of hydrogen-bond acceptors (Lipinski definition) is 2. The van der Waals surface area contributed by atoms with Gasteiger partial charge in [0.1, 0.15) is 0 Å². The fraction of sp³-hybridized carbons (Fsp3) is 0.875. The third-order valence-corrected chi connectivity index (χ3v) is 2.39. The Morgan fingerprint density at radius 3 is 3.08 bits per heavy atom. The van der Waals surface area contributed by atoms with Crippen molar-refractivity contribution in [2.75, 3.05) is 19.6 Å². The van der Waals surface area contributed by atoms with Crippen molar-refractivity contribution in [2.45, 2.75) is 25.8 Å². The van der Waals surface area contributed by atoms with E-state index in [2.05, 4.69) is 17.1 Å². The normalized spacial score (nSPS) is 24.2. The summed E-state index contributed by atoms with van der Waals surface area (Å²) in [5.74, 6) is 0. The number of amides is 1. The molecule has 12 heavy (non-hydrogen) atoms. The molecule has 0 aromatic carbocycles. The van der Waals surface area contributed by atoms with Crippen molar-refractivity contribution in [3.05, 3.63) is 0 Å². The maximum atomic E-state index is 10.2. The molecule has 1 atom stereocenters. The predicted molar refractivity (Wildman–Crippen MR) is 46.3 cm³/mol. The van der Waals surface area contributed by atoms with Crippen LogP contribution in [0, 0.1) is 0 Å². The molecule has 70 valence electrons. The van der Waals surface area contributed by atoms with Crippen molar-refractivity contribution in [2.24, 2.45) is 0 Å². The van der Waals surface area contributed by atoms with Gasteiger partial charge in [0.05, 0.1) is 0 Å². The van der Waals surface area contributed by atoms with E-state index in [4.69, 9.17) is 5.11 Å². The van der Waals surface area contributed by atoms with Gasteiger partial charge in [-0.2, -0.15) is 0 Å². The zero-order chi connectivity index (χ0) is 8.97. The van der Waals surface area contributed by atoms with Crippen LogP contribution < -0.4 is 5.32 Å². The van der Waals surface area contributed by atoms with Crippen molar-refractivity contribution < 1.29 is 9.90 Å². The molecule has 0 radical (unpaired) electrons. The summed E-state index contributed by atoms with van der Waals surface area (Å²) in [5, 5.41) is 10.8. The third kappa shape index (κ3) is 2.37. The van der Waals surface area contributed by atoms with Crippen LogP contribution in [0.5, 0.6) is 0 Å². The van der Waals surface area contributed by atoms with Crippen LogP contribution in [-0.2, 0) is 0 Å². The molecular formula is C8H16N2O2. The number of likely N-dealkylation sites (N-methyl/N-ethyl adjacent to an activating group) is 1. The Morgan fingerprint density at radius 1 is 1.75 bits per heavy atom. The first-order valence-corrected chi connectivity index (χ1v) is 4.45. The van der Waals surface area contributed by atoms with E-state index in [1.54, 1.807) is 0 Å². The number of likely N-dealkylation sites (tertiary alicyclic amines) is 1. The molecular weight excluding hydrogens is 156 g/mol. The molecule has 0 aromatic rings. The summed E-state index contributed by atoms with van der Waals surface area (Å²) in [7, 11) is 0. The standard InChI is InChI=1S/C8H16N2O2/c1-2-10-5-3-4-7(10)6-9-8(11)12/h7,9H,2-6H2,1H3,(H,11,12). The third-order valence-electron chi connectivity index (χ3n) is 2.39. The Labute approximate surface area is 72.6 Å². The van der Waals surface area contributed by atoms with Crippen LogP contribution >= 0.6 is 0 Å². The van der Waals surface area contributed by atoms with Gasteiger partial charge in [-0.25, -0.2) is 4.79 Å².